The van der Waals surface area contributed by atoms with Gasteiger partial charge < -0.3 is 25.0 Å². The van der Waals surface area contributed by atoms with Gasteiger partial charge in [0.1, 0.15) is 11.5 Å². The number of hydrogen-bond acceptors (Lipinski definition) is 5. The van der Waals surface area contributed by atoms with Gasteiger partial charge in [-0.15, -0.1) is 13.2 Å². The van der Waals surface area contributed by atoms with Gasteiger partial charge in [-0.1, -0.05) is 24.3 Å². The molecule has 0 bridgehead atoms. The number of alkyl halides is 3. The summed E-state index contributed by atoms with van der Waals surface area (Å²) >= 11 is 0. The number of rotatable bonds is 8. The molecule has 0 aliphatic carbocycles. The van der Waals surface area contributed by atoms with E-state index in [1.165, 1.54) is 31.4 Å². The molecular weight excluding hydrogens is 391 g/mol. The molecule has 0 aliphatic rings. The number of aliphatic hydroxyl groups excluding tert-OH is 2. The van der Waals surface area contributed by atoms with Crippen molar-refractivity contribution in [2.24, 2.45) is 0 Å². The summed E-state index contributed by atoms with van der Waals surface area (Å²) in [6.07, 6.45) is -2.51. The molecule has 2 aromatic carbocycles. The van der Waals surface area contributed by atoms with Crippen LogP contribution in [0.5, 0.6) is 11.5 Å². The fourth-order valence-corrected chi connectivity index (χ4v) is 2.35. The molecule has 2 aromatic rings. The number of benzene rings is 2. The van der Waals surface area contributed by atoms with Gasteiger partial charge in [0.05, 0.1) is 19.8 Å². The molecular formula is C20H20F3NO5. The molecule has 1 atom stereocenters. The van der Waals surface area contributed by atoms with Crippen molar-refractivity contribution < 1.29 is 37.7 Å². The van der Waals surface area contributed by atoms with Crippen LogP contribution in [0, 0.1) is 0 Å². The molecule has 156 valence electrons. The third-order valence-corrected chi connectivity index (χ3v) is 3.77. The number of amides is 1. The first-order chi connectivity index (χ1) is 13.7. The number of ether oxygens (including phenoxy) is 2. The number of halogens is 3. The summed E-state index contributed by atoms with van der Waals surface area (Å²) in [5.41, 5.74) is 1.49. The van der Waals surface area contributed by atoms with Crippen molar-refractivity contribution >= 4 is 18.1 Å². The van der Waals surface area contributed by atoms with E-state index in [-0.39, 0.29) is 12.3 Å². The predicted octanol–water partition coefficient (Wildman–Crippen LogP) is 2.85. The van der Waals surface area contributed by atoms with E-state index in [2.05, 4.69) is 10.1 Å². The topological polar surface area (TPSA) is 88.0 Å². The van der Waals surface area contributed by atoms with E-state index in [0.717, 1.165) is 0 Å². The minimum absolute atomic E-state index is 0.0983. The maximum absolute atomic E-state index is 12.2. The van der Waals surface area contributed by atoms with Gasteiger partial charge >= 0.3 is 6.36 Å². The van der Waals surface area contributed by atoms with Crippen LogP contribution >= 0.6 is 0 Å². The minimum Gasteiger partial charge on any atom is -0.496 e. The summed E-state index contributed by atoms with van der Waals surface area (Å²) in [5.74, 6) is -0.273. The average Bonchev–Trinajstić information content (AvgIpc) is 2.69. The molecule has 0 aromatic heterocycles. The highest BCUT2D eigenvalue weighted by Gasteiger charge is 2.30. The molecule has 3 N–H and O–H groups in total. The molecule has 29 heavy (non-hydrogen) atoms. The van der Waals surface area contributed by atoms with E-state index in [0.29, 0.717) is 22.4 Å². The largest absolute Gasteiger partial charge is 0.573 e. The number of methoxy groups -OCH3 is 1. The van der Waals surface area contributed by atoms with E-state index in [1.54, 1.807) is 30.4 Å². The predicted molar refractivity (Wildman–Crippen MR) is 100 cm³/mol. The summed E-state index contributed by atoms with van der Waals surface area (Å²) in [6, 6.07) is 10.0. The second-order valence-electron chi connectivity index (χ2n) is 5.95. The Hall–Kier alpha value is -3.04. The first-order valence-electron chi connectivity index (χ1n) is 8.51. The molecule has 0 aliphatic heterocycles. The van der Waals surface area contributed by atoms with Gasteiger partial charge in [-0.3, -0.25) is 4.79 Å². The average molecular weight is 411 g/mol. The standard InChI is InChI=1S/C20H20F3NO5/c1-28-18-9-6-15(19(27)24-11-16(26)12-25)10-14(18)5-2-13-3-7-17(8-4-13)29-20(21,22)23/h2-10,16,25-26H,11-12H2,1H3,(H,24,27)/t16-/m0/s1. The summed E-state index contributed by atoms with van der Waals surface area (Å²) in [6.45, 7) is -0.567. The Morgan fingerprint density at radius 3 is 2.45 bits per heavy atom. The molecule has 0 radical (unpaired) electrons. The number of aliphatic hydroxyl groups is 2. The van der Waals surface area contributed by atoms with Crippen LogP contribution in [-0.2, 0) is 0 Å². The van der Waals surface area contributed by atoms with Crippen LogP contribution in [0.15, 0.2) is 42.5 Å². The Morgan fingerprint density at radius 1 is 1.17 bits per heavy atom. The van der Waals surface area contributed by atoms with E-state index in [4.69, 9.17) is 9.84 Å². The van der Waals surface area contributed by atoms with Crippen molar-refractivity contribution in [1.29, 1.82) is 0 Å². The van der Waals surface area contributed by atoms with Crippen molar-refractivity contribution in [3.8, 4) is 11.5 Å². The Bertz CT molecular complexity index is 850. The van der Waals surface area contributed by atoms with Gasteiger partial charge in [-0.2, -0.15) is 0 Å². The van der Waals surface area contributed by atoms with E-state index >= 15 is 0 Å². The zero-order chi connectivity index (χ0) is 21.4. The molecule has 9 heteroatoms. The smallest absolute Gasteiger partial charge is 0.496 e. The van der Waals surface area contributed by atoms with Crippen molar-refractivity contribution in [1.82, 2.24) is 5.32 Å². The zero-order valence-corrected chi connectivity index (χ0v) is 15.4. The third-order valence-electron chi connectivity index (χ3n) is 3.77. The zero-order valence-electron chi connectivity index (χ0n) is 15.4. The minimum atomic E-state index is -4.75. The Morgan fingerprint density at radius 2 is 1.86 bits per heavy atom. The molecule has 1 amide bonds. The first kappa shape index (κ1) is 22.3. The number of nitrogens with one attached hydrogen (secondary N) is 1. The second kappa shape index (κ2) is 9.94. The monoisotopic (exact) mass is 411 g/mol. The van der Waals surface area contributed by atoms with Gasteiger partial charge in [0, 0.05) is 17.7 Å². The molecule has 0 spiro atoms. The molecule has 0 heterocycles. The van der Waals surface area contributed by atoms with Gasteiger partial charge in [0.25, 0.3) is 5.91 Å². The normalized spacial score (nSPS) is 12.6. The van der Waals surface area contributed by atoms with E-state index in [9.17, 15) is 23.1 Å². The molecule has 0 unspecified atom stereocenters. The van der Waals surface area contributed by atoms with Gasteiger partial charge in [-0.25, -0.2) is 0 Å². The molecule has 6 nitrogen and oxygen atoms in total. The van der Waals surface area contributed by atoms with Crippen LogP contribution < -0.4 is 14.8 Å². The van der Waals surface area contributed by atoms with Gasteiger partial charge in [0.15, 0.2) is 0 Å². The lowest BCUT2D eigenvalue weighted by Gasteiger charge is -2.11. The Labute approximate surface area is 165 Å². The van der Waals surface area contributed by atoms with Crippen molar-refractivity contribution in [2.45, 2.75) is 12.5 Å². The number of carbonyl (C=O) groups excluding carboxylic acids is 1. The lowest BCUT2D eigenvalue weighted by Crippen LogP contribution is -2.33. The number of carbonyl (C=O) groups is 1. The van der Waals surface area contributed by atoms with Crippen LogP contribution in [0.25, 0.3) is 12.2 Å². The lowest BCUT2D eigenvalue weighted by atomic mass is 10.1. The van der Waals surface area contributed by atoms with Crippen molar-refractivity contribution in [2.75, 3.05) is 20.3 Å². The fourth-order valence-electron chi connectivity index (χ4n) is 2.35. The highest BCUT2D eigenvalue weighted by molar-refractivity contribution is 5.95. The maximum atomic E-state index is 12.2. The van der Waals surface area contributed by atoms with E-state index < -0.39 is 25.0 Å². The highest BCUT2D eigenvalue weighted by atomic mass is 19.4. The molecule has 0 saturated heterocycles. The van der Waals surface area contributed by atoms with Crippen LogP contribution in [-0.4, -0.2) is 48.8 Å². The Balaban J connectivity index is 2.15. The summed E-state index contributed by atoms with van der Waals surface area (Å²) < 4.78 is 45.7. The SMILES string of the molecule is COc1ccc(C(=O)NC[C@H](O)CO)cc1C=Cc1ccc(OC(F)(F)F)cc1. The molecule has 2 rings (SSSR count). The first-order valence-corrected chi connectivity index (χ1v) is 8.51. The summed E-state index contributed by atoms with van der Waals surface area (Å²) in [7, 11) is 1.47. The van der Waals surface area contributed by atoms with Crippen molar-refractivity contribution in [3.05, 3.63) is 59.2 Å². The Kier molecular flexibility index (Phi) is 7.63. The quantitative estimate of drug-likeness (QED) is 0.582. The number of hydrogen-bond donors (Lipinski definition) is 3. The van der Waals surface area contributed by atoms with Gasteiger partial charge in [-0.05, 0) is 35.9 Å². The molecule has 0 fully saturated rings. The van der Waals surface area contributed by atoms with Gasteiger partial charge in [0.2, 0.25) is 0 Å². The maximum Gasteiger partial charge on any atom is 0.573 e. The highest BCUT2D eigenvalue weighted by Crippen LogP contribution is 2.25. The summed E-state index contributed by atoms with van der Waals surface area (Å²) in [5, 5.41) is 20.6. The van der Waals surface area contributed by atoms with Crippen LogP contribution in [0.2, 0.25) is 0 Å². The van der Waals surface area contributed by atoms with Crippen LogP contribution in [0.1, 0.15) is 21.5 Å². The third kappa shape index (κ3) is 7.13. The fraction of sp³-hybridized carbons (Fsp3) is 0.250. The van der Waals surface area contributed by atoms with Crippen LogP contribution in [0.4, 0.5) is 13.2 Å². The van der Waals surface area contributed by atoms with Crippen LogP contribution in [0.3, 0.4) is 0 Å². The van der Waals surface area contributed by atoms with Crippen molar-refractivity contribution in [3.63, 3.8) is 0 Å². The second-order valence-corrected chi connectivity index (χ2v) is 5.95. The molecule has 0 saturated carbocycles. The van der Waals surface area contributed by atoms with E-state index in [1.807, 2.05) is 0 Å². The lowest BCUT2D eigenvalue weighted by molar-refractivity contribution is -0.274. The summed E-state index contributed by atoms with van der Waals surface area (Å²) in [4.78, 5) is 12.2.